The summed E-state index contributed by atoms with van der Waals surface area (Å²) in [5, 5.41) is 0. The largest absolute Gasteiger partial charge is 0.477 e. The number of benzene rings is 1. The van der Waals surface area contributed by atoms with Crippen LogP contribution in [0.25, 0.3) is 0 Å². The highest BCUT2D eigenvalue weighted by atomic mass is 31.2. The van der Waals surface area contributed by atoms with Crippen LogP contribution < -0.4 is 4.74 Å². The van der Waals surface area contributed by atoms with Crippen LogP contribution >= 0.6 is 7.60 Å². The molecule has 0 saturated heterocycles. The van der Waals surface area contributed by atoms with Crippen molar-refractivity contribution in [3.8, 4) is 5.75 Å². The first-order chi connectivity index (χ1) is 12.9. The standard InChI is InChI=1S/C18H24F5O4P/c1-2-3-4-12-5-7-13(8-6-12)15-10-9-14(11-16(15)19)27-17(20,21)18(22,23)28(24,25)26/h9-13H,2-8H2,1H3,(H2,24,25,26). The van der Waals surface area contributed by atoms with Gasteiger partial charge in [-0.2, -0.15) is 17.6 Å². The van der Waals surface area contributed by atoms with E-state index in [1.165, 1.54) is 6.07 Å². The average Bonchev–Trinajstić information content (AvgIpc) is 2.59. The van der Waals surface area contributed by atoms with E-state index in [0.717, 1.165) is 51.0 Å². The predicted octanol–water partition coefficient (Wildman–Crippen LogP) is 6.03. The van der Waals surface area contributed by atoms with Gasteiger partial charge in [-0.3, -0.25) is 4.57 Å². The minimum absolute atomic E-state index is 0.0935. The molecular weight excluding hydrogens is 406 g/mol. The van der Waals surface area contributed by atoms with Crippen LogP contribution in [0.1, 0.15) is 63.4 Å². The molecule has 1 saturated carbocycles. The maximum absolute atomic E-state index is 14.4. The molecule has 4 nitrogen and oxygen atoms in total. The zero-order valence-electron chi connectivity index (χ0n) is 15.4. The highest BCUT2D eigenvalue weighted by molar-refractivity contribution is 7.53. The second-order valence-corrected chi connectivity index (χ2v) is 8.90. The summed E-state index contributed by atoms with van der Waals surface area (Å²) in [4.78, 5) is 16.9. The Labute approximate surface area is 160 Å². The van der Waals surface area contributed by atoms with Crippen LogP contribution in [0.5, 0.6) is 5.75 Å². The molecule has 0 aromatic heterocycles. The molecule has 2 rings (SSSR count). The first kappa shape index (κ1) is 23.1. The van der Waals surface area contributed by atoms with Gasteiger partial charge >= 0.3 is 19.4 Å². The Kier molecular flexibility index (Phi) is 7.16. The molecule has 0 spiro atoms. The number of alkyl halides is 4. The Balaban J connectivity index is 2.08. The molecular formula is C18H24F5O4P. The molecule has 0 unspecified atom stereocenters. The van der Waals surface area contributed by atoms with Gasteiger partial charge < -0.3 is 14.5 Å². The Bertz CT molecular complexity index is 714. The lowest BCUT2D eigenvalue weighted by Gasteiger charge is -2.29. The van der Waals surface area contributed by atoms with Crippen LogP contribution in [0.15, 0.2) is 18.2 Å². The summed E-state index contributed by atoms with van der Waals surface area (Å²) < 4.78 is 82.3. The van der Waals surface area contributed by atoms with Gasteiger partial charge in [-0.25, -0.2) is 4.39 Å². The molecule has 0 amide bonds. The van der Waals surface area contributed by atoms with Crippen molar-refractivity contribution in [2.75, 3.05) is 0 Å². The molecule has 0 aliphatic heterocycles. The molecule has 0 radical (unpaired) electrons. The van der Waals surface area contributed by atoms with Gasteiger partial charge in [-0.05, 0) is 49.1 Å². The quantitative estimate of drug-likeness (QED) is 0.390. The van der Waals surface area contributed by atoms with Gasteiger partial charge in [0.2, 0.25) is 0 Å². The first-order valence-electron chi connectivity index (χ1n) is 9.18. The highest BCUT2D eigenvalue weighted by Crippen LogP contribution is 2.60. The monoisotopic (exact) mass is 430 g/mol. The highest BCUT2D eigenvalue weighted by Gasteiger charge is 2.71. The second-order valence-electron chi connectivity index (χ2n) is 7.25. The molecule has 1 fully saturated rings. The SMILES string of the molecule is CCCCC1CCC(c2ccc(OC(F)(F)C(F)(F)P(=O)(O)O)cc2F)CC1. The van der Waals surface area contributed by atoms with E-state index in [1.54, 1.807) is 0 Å². The first-order valence-corrected chi connectivity index (χ1v) is 10.8. The van der Waals surface area contributed by atoms with Gasteiger partial charge in [0, 0.05) is 6.07 Å². The molecule has 10 heteroatoms. The van der Waals surface area contributed by atoms with E-state index >= 15 is 0 Å². The molecule has 1 aliphatic rings. The third-order valence-electron chi connectivity index (χ3n) is 5.19. The lowest BCUT2D eigenvalue weighted by Crippen LogP contribution is -2.45. The van der Waals surface area contributed by atoms with Gasteiger partial charge in [0.15, 0.2) is 0 Å². The van der Waals surface area contributed by atoms with E-state index in [9.17, 15) is 26.5 Å². The average molecular weight is 430 g/mol. The lowest BCUT2D eigenvalue weighted by molar-refractivity contribution is -0.279. The van der Waals surface area contributed by atoms with Crippen LogP contribution in [0.2, 0.25) is 0 Å². The van der Waals surface area contributed by atoms with Crippen LogP contribution in [-0.2, 0) is 4.57 Å². The fourth-order valence-electron chi connectivity index (χ4n) is 3.54. The Morgan fingerprint density at radius 3 is 2.25 bits per heavy atom. The summed E-state index contributed by atoms with van der Waals surface area (Å²) in [5.74, 6) is -1.31. The van der Waals surface area contributed by atoms with Crippen molar-refractivity contribution in [2.24, 2.45) is 5.92 Å². The zero-order valence-corrected chi connectivity index (χ0v) is 16.3. The molecule has 1 aliphatic carbocycles. The van der Waals surface area contributed by atoms with Crippen molar-refractivity contribution in [1.29, 1.82) is 0 Å². The molecule has 28 heavy (non-hydrogen) atoms. The van der Waals surface area contributed by atoms with Crippen LogP contribution in [-0.4, -0.2) is 21.6 Å². The van der Waals surface area contributed by atoms with Gasteiger partial charge in [0.25, 0.3) is 0 Å². The van der Waals surface area contributed by atoms with Crippen molar-refractivity contribution >= 4 is 7.60 Å². The minimum atomic E-state index is -6.49. The number of hydrogen-bond donors (Lipinski definition) is 2. The minimum Gasteiger partial charge on any atom is -0.427 e. The molecule has 0 heterocycles. The summed E-state index contributed by atoms with van der Waals surface area (Å²) in [7, 11) is -6.49. The third-order valence-corrected chi connectivity index (χ3v) is 6.18. The molecule has 1 aromatic rings. The van der Waals surface area contributed by atoms with Gasteiger partial charge in [0.05, 0.1) is 0 Å². The van der Waals surface area contributed by atoms with Crippen molar-refractivity contribution in [3.63, 3.8) is 0 Å². The molecule has 1 aromatic carbocycles. The number of hydrogen-bond acceptors (Lipinski definition) is 2. The summed E-state index contributed by atoms with van der Waals surface area (Å²) in [6, 6.07) is 2.65. The summed E-state index contributed by atoms with van der Waals surface area (Å²) >= 11 is 0. The Morgan fingerprint density at radius 2 is 1.75 bits per heavy atom. The van der Waals surface area contributed by atoms with E-state index in [2.05, 4.69) is 11.7 Å². The topological polar surface area (TPSA) is 66.8 Å². The smallest absolute Gasteiger partial charge is 0.427 e. The van der Waals surface area contributed by atoms with Crippen LogP contribution in [0.4, 0.5) is 22.0 Å². The van der Waals surface area contributed by atoms with E-state index in [1.807, 2.05) is 0 Å². The van der Waals surface area contributed by atoms with Crippen molar-refractivity contribution in [2.45, 2.75) is 69.6 Å². The lowest BCUT2D eigenvalue weighted by atomic mass is 9.77. The summed E-state index contributed by atoms with van der Waals surface area (Å²) in [6.07, 6.45) is 1.25. The Hall–Kier alpha value is -1.18. The van der Waals surface area contributed by atoms with Crippen LogP contribution in [0.3, 0.4) is 0 Å². The molecule has 160 valence electrons. The fourth-order valence-corrected chi connectivity index (χ4v) is 3.92. The fraction of sp³-hybridized carbons (Fsp3) is 0.667. The number of halogens is 5. The number of rotatable bonds is 8. The van der Waals surface area contributed by atoms with Crippen LogP contribution in [0, 0.1) is 11.7 Å². The predicted molar refractivity (Wildman–Crippen MR) is 93.2 cm³/mol. The molecule has 2 N–H and O–H groups in total. The summed E-state index contributed by atoms with van der Waals surface area (Å²) in [6.45, 7) is 2.12. The van der Waals surface area contributed by atoms with Gasteiger partial charge in [-0.1, -0.05) is 32.3 Å². The number of ether oxygens (including phenoxy) is 1. The molecule has 0 atom stereocenters. The van der Waals surface area contributed by atoms with Crippen molar-refractivity contribution in [1.82, 2.24) is 0 Å². The van der Waals surface area contributed by atoms with Gasteiger partial charge in [0.1, 0.15) is 11.6 Å². The van der Waals surface area contributed by atoms with Crippen molar-refractivity contribution in [3.05, 3.63) is 29.6 Å². The Morgan fingerprint density at radius 1 is 1.14 bits per heavy atom. The van der Waals surface area contributed by atoms with E-state index in [4.69, 9.17) is 9.79 Å². The second kappa shape index (κ2) is 8.67. The molecule has 0 bridgehead atoms. The van der Waals surface area contributed by atoms with E-state index in [0.29, 0.717) is 17.5 Å². The van der Waals surface area contributed by atoms with Gasteiger partial charge in [-0.15, -0.1) is 0 Å². The summed E-state index contributed by atoms with van der Waals surface area (Å²) in [5.41, 5.74) is -5.45. The maximum Gasteiger partial charge on any atom is 0.477 e. The van der Waals surface area contributed by atoms with E-state index in [-0.39, 0.29) is 5.92 Å². The maximum atomic E-state index is 14.4. The normalized spacial score (nSPS) is 21.6. The third kappa shape index (κ3) is 5.05. The van der Waals surface area contributed by atoms with E-state index < -0.39 is 30.9 Å². The number of unbranched alkanes of at least 4 members (excludes halogenated alkanes) is 1. The van der Waals surface area contributed by atoms with Crippen molar-refractivity contribution < 1.29 is 41.0 Å². The zero-order chi connectivity index (χ0) is 21.2.